The standard InChI is InChI=1S/C10H8F16N2/c11-3(12,1-27)5(15,16)7(19,20)9(23,24)10(25,26)8(21,22)6(17,18)4(13,14)2-28/h1-2,27-28H2. The monoisotopic (exact) mass is 460 g/mol. The third kappa shape index (κ3) is 3.06. The second kappa shape index (κ2) is 6.66. The zero-order valence-corrected chi connectivity index (χ0v) is 12.6. The fourth-order valence-electron chi connectivity index (χ4n) is 1.50. The van der Waals surface area contributed by atoms with Crippen molar-refractivity contribution in [3.63, 3.8) is 0 Å². The summed E-state index contributed by atoms with van der Waals surface area (Å²) in [6.45, 7) is -5.82. The molecule has 4 N–H and O–H groups in total. The smallest absolute Gasteiger partial charge is 0.325 e. The molecule has 0 spiro atoms. The van der Waals surface area contributed by atoms with Gasteiger partial charge in [0.1, 0.15) is 0 Å². The molecule has 0 fully saturated rings. The Morgan fingerprint density at radius 1 is 0.321 bits per heavy atom. The lowest BCUT2D eigenvalue weighted by Crippen LogP contribution is -2.75. The summed E-state index contributed by atoms with van der Waals surface area (Å²) in [5, 5.41) is 0. The van der Waals surface area contributed by atoms with Gasteiger partial charge in [-0.1, -0.05) is 0 Å². The summed E-state index contributed by atoms with van der Waals surface area (Å²) in [5.41, 5.74) is 7.79. The molecule has 2 nitrogen and oxygen atoms in total. The predicted octanol–water partition coefficient (Wildman–Crippen LogP) is 3.99. The number of alkyl halides is 16. The maximum Gasteiger partial charge on any atom is 0.384 e. The molecule has 0 bridgehead atoms. The molecule has 0 unspecified atom stereocenters. The summed E-state index contributed by atoms with van der Waals surface area (Å²) in [4.78, 5) is 0. The Labute approximate surface area is 143 Å². The summed E-state index contributed by atoms with van der Waals surface area (Å²) >= 11 is 0. The molecule has 0 saturated heterocycles. The Morgan fingerprint density at radius 3 is 0.607 bits per heavy atom. The van der Waals surface area contributed by atoms with Crippen molar-refractivity contribution in [1.29, 1.82) is 0 Å². The van der Waals surface area contributed by atoms with Crippen LogP contribution in [0, 0.1) is 0 Å². The van der Waals surface area contributed by atoms with Crippen LogP contribution < -0.4 is 11.5 Å². The van der Waals surface area contributed by atoms with E-state index < -0.39 is 60.5 Å². The lowest BCUT2D eigenvalue weighted by atomic mass is 9.87. The first kappa shape index (κ1) is 26.8. The number of hydrogen-bond donors (Lipinski definition) is 2. The minimum absolute atomic E-state index is 2.91. The Morgan fingerprint density at radius 2 is 0.464 bits per heavy atom. The minimum atomic E-state index is -8.42. The van der Waals surface area contributed by atoms with E-state index in [0.29, 0.717) is 0 Å². The van der Waals surface area contributed by atoms with Gasteiger partial charge in [-0.15, -0.1) is 0 Å². The molecule has 0 aromatic heterocycles. The van der Waals surface area contributed by atoms with Gasteiger partial charge >= 0.3 is 47.4 Å². The van der Waals surface area contributed by atoms with E-state index in [4.69, 9.17) is 0 Å². The van der Waals surface area contributed by atoms with Crippen molar-refractivity contribution in [1.82, 2.24) is 0 Å². The normalized spacial score (nSPS) is 16.5. The summed E-state index contributed by atoms with van der Waals surface area (Å²) in [6.07, 6.45) is 0. The molecular weight excluding hydrogens is 452 g/mol. The molecule has 0 saturated carbocycles. The Bertz CT molecular complexity index is 518. The third-order valence-corrected chi connectivity index (χ3v) is 3.40. The molecule has 0 atom stereocenters. The van der Waals surface area contributed by atoms with Gasteiger partial charge in [0, 0.05) is 0 Å². The highest BCUT2D eigenvalue weighted by atomic mass is 19.4. The average Bonchev–Trinajstić information content (AvgIpc) is 2.53. The van der Waals surface area contributed by atoms with Crippen molar-refractivity contribution < 1.29 is 70.2 Å². The zero-order chi connectivity index (χ0) is 23.4. The first-order valence-electron chi connectivity index (χ1n) is 6.30. The van der Waals surface area contributed by atoms with E-state index in [1.54, 1.807) is 0 Å². The highest BCUT2D eigenvalue weighted by molar-refractivity contribution is 5.16. The van der Waals surface area contributed by atoms with Gasteiger partial charge in [-0.25, -0.2) is 0 Å². The van der Waals surface area contributed by atoms with Crippen LogP contribution in [0.15, 0.2) is 0 Å². The van der Waals surface area contributed by atoms with E-state index >= 15 is 0 Å². The van der Waals surface area contributed by atoms with Gasteiger partial charge in [0.15, 0.2) is 0 Å². The van der Waals surface area contributed by atoms with Crippen molar-refractivity contribution in [3.05, 3.63) is 0 Å². The maximum atomic E-state index is 13.2. The molecule has 0 aromatic rings. The van der Waals surface area contributed by atoms with Gasteiger partial charge < -0.3 is 11.5 Å². The van der Waals surface area contributed by atoms with Crippen LogP contribution in [-0.4, -0.2) is 60.5 Å². The zero-order valence-electron chi connectivity index (χ0n) is 12.6. The highest BCUT2D eigenvalue weighted by Crippen LogP contribution is 2.63. The van der Waals surface area contributed by atoms with Crippen molar-refractivity contribution in [2.75, 3.05) is 13.1 Å². The van der Waals surface area contributed by atoms with Crippen molar-refractivity contribution >= 4 is 0 Å². The molecule has 0 aliphatic rings. The predicted molar refractivity (Wildman–Crippen MR) is 57.7 cm³/mol. The lowest BCUT2D eigenvalue weighted by molar-refractivity contribution is -0.452. The Hall–Kier alpha value is -1.20. The van der Waals surface area contributed by atoms with Gasteiger partial charge in [-0.3, -0.25) is 0 Å². The number of hydrogen-bond acceptors (Lipinski definition) is 2. The molecule has 28 heavy (non-hydrogen) atoms. The van der Waals surface area contributed by atoms with E-state index in [1.807, 2.05) is 0 Å². The van der Waals surface area contributed by atoms with Crippen LogP contribution in [0.25, 0.3) is 0 Å². The fourth-order valence-corrected chi connectivity index (χ4v) is 1.50. The summed E-state index contributed by atoms with van der Waals surface area (Å²) < 4.78 is 208. The van der Waals surface area contributed by atoms with Crippen molar-refractivity contribution in [2.45, 2.75) is 47.4 Å². The number of rotatable bonds is 9. The summed E-state index contributed by atoms with van der Waals surface area (Å²) in [5.74, 6) is -61.3. The lowest BCUT2D eigenvalue weighted by Gasteiger charge is -2.43. The van der Waals surface area contributed by atoms with Crippen LogP contribution in [0.5, 0.6) is 0 Å². The van der Waals surface area contributed by atoms with E-state index in [9.17, 15) is 70.2 Å². The van der Waals surface area contributed by atoms with Gasteiger partial charge in [0.2, 0.25) is 0 Å². The SMILES string of the molecule is NCC(F)(F)C(F)(F)C(F)(F)C(F)(F)C(F)(F)C(F)(F)C(F)(F)C(F)(F)CN. The van der Waals surface area contributed by atoms with Gasteiger partial charge in [0.05, 0.1) is 13.1 Å². The topological polar surface area (TPSA) is 52.0 Å². The van der Waals surface area contributed by atoms with Gasteiger partial charge in [-0.05, 0) is 0 Å². The maximum absolute atomic E-state index is 13.2. The van der Waals surface area contributed by atoms with E-state index in [1.165, 1.54) is 0 Å². The number of halogens is 16. The molecule has 0 aliphatic heterocycles. The quantitative estimate of drug-likeness (QED) is 0.512. The van der Waals surface area contributed by atoms with Gasteiger partial charge in [0.25, 0.3) is 0 Å². The Balaban J connectivity index is 6.69. The van der Waals surface area contributed by atoms with Crippen LogP contribution in [0.2, 0.25) is 0 Å². The summed E-state index contributed by atoms with van der Waals surface area (Å²) in [6, 6.07) is 0. The average molecular weight is 460 g/mol. The number of nitrogens with two attached hydrogens (primary N) is 2. The fraction of sp³-hybridized carbons (Fsp3) is 1.00. The molecule has 0 rings (SSSR count). The largest absolute Gasteiger partial charge is 0.384 e. The van der Waals surface area contributed by atoms with Crippen LogP contribution >= 0.6 is 0 Å². The second-order valence-corrected chi connectivity index (χ2v) is 5.26. The van der Waals surface area contributed by atoms with Crippen molar-refractivity contribution in [3.8, 4) is 0 Å². The molecule has 0 aromatic carbocycles. The molecule has 0 heterocycles. The molecular formula is C10H8F16N2. The Kier molecular flexibility index (Phi) is 6.38. The third-order valence-electron chi connectivity index (χ3n) is 3.40. The van der Waals surface area contributed by atoms with Gasteiger partial charge in [-0.2, -0.15) is 70.2 Å². The van der Waals surface area contributed by atoms with E-state index in [0.717, 1.165) is 0 Å². The first-order chi connectivity index (χ1) is 11.9. The molecule has 0 amide bonds. The molecule has 170 valence electrons. The van der Waals surface area contributed by atoms with Crippen LogP contribution in [0.4, 0.5) is 70.2 Å². The van der Waals surface area contributed by atoms with E-state index in [2.05, 4.69) is 11.5 Å². The highest BCUT2D eigenvalue weighted by Gasteiger charge is 2.94. The van der Waals surface area contributed by atoms with Crippen LogP contribution in [-0.2, 0) is 0 Å². The summed E-state index contributed by atoms with van der Waals surface area (Å²) in [7, 11) is 0. The minimum Gasteiger partial charge on any atom is -0.325 e. The molecule has 0 aliphatic carbocycles. The van der Waals surface area contributed by atoms with E-state index in [-0.39, 0.29) is 0 Å². The van der Waals surface area contributed by atoms with Crippen molar-refractivity contribution in [2.24, 2.45) is 11.5 Å². The first-order valence-corrected chi connectivity index (χ1v) is 6.30. The van der Waals surface area contributed by atoms with Crippen LogP contribution in [0.1, 0.15) is 0 Å². The molecule has 0 radical (unpaired) electrons. The second-order valence-electron chi connectivity index (χ2n) is 5.26. The molecule has 18 heteroatoms. The van der Waals surface area contributed by atoms with Crippen LogP contribution in [0.3, 0.4) is 0 Å².